The van der Waals surface area contributed by atoms with Crippen molar-refractivity contribution >= 4 is 16.9 Å². The molecule has 8 nitrogen and oxygen atoms in total. The Morgan fingerprint density at radius 3 is 2.84 bits per heavy atom. The van der Waals surface area contributed by atoms with Crippen molar-refractivity contribution in [2.75, 3.05) is 18.0 Å². The van der Waals surface area contributed by atoms with Crippen LogP contribution < -0.4 is 4.90 Å². The normalized spacial score (nSPS) is 18.4. The van der Waals surface area contributed by atoms with Crippen LogP contribution in [0.3, 0.4) is 0 Å². The van der Waals surface area contributed by atoms with Gasteiger partial charge in [0.05, 0.1) is 11.6 Å². The van der Waals surface area contributed by atoms with Crippen molar-refractivity contribution in [1.29, 1.82) is 0 Å². The second kappa shape index (κ2) is 6.09. The second-order valence-corrected chi connectivity index (χ2v) is 7.03. The summed E-state index contributed by atoms with van der Waals surface area (Å²) in [6.45, 7) is 7.84. The third-order valence-corrected chi connectivity index (χ3v) is 4.72. The van der Waals surface area contributed by atoms with Crippen molar-refractivity contribution in [2.24, 2.45) is 7.05 Å². The third-order valence-electron chi connectivity index (χ3n) is 4.72. The molecule has 25 heavy (non-hydrogen) atoms. The first-order valence-corrected chi connectivity index (χ1v) is 8.77. The van der Waals surface area contributed by atoms with Gasteiger partial charge in [-0.2, -0.15) is 10.1 Å². The fraction of sp³-hybridized carbons (Fsp3) is 0.588. The molecular weight excluding hydrogens is 318 g/mol. The molecule has 0 aromatic carbocycles. The third kappa shape index (κ3) is 2.85. The van der Waals surface area contributed by atoms with Gasteiger partial charge in [0.25, 0.3) is 0 Å². The average Bonchev–Trinajstić information content (AvgIpc) is 3.22. The molecule has 3 aromatic heterocycles. The molecule has 1 aliphatic rings. The standard InChI is InChI=1S/C17H23N7O/c1-10(2)17-21-14(22-25-17)12-6-5-7-24(9-12)16-13-8-18-23(4)15(13)19-11(3)20-16/h8,10,12H,5-7,9H2,1-4H3. The summed E-state index contributed by atoms with van der Waals surface area (Å²) in [5, 5.41) is 9.54. The molecule has 1 saturated heterocycles. The Bertz CT molecular complexity index is 898. The van der Waals surface area contributed by atoms with Gasteiger partial charge in [-0.1, -0.05) is 19.0 Å². The first-order valence-electron chi connectivity index (χ1n) is 8.77. The largest absolute Gasteiger partial charge is 0.355 e. The number of rotatable bonds is 3. The summed E-state index contributed by atoms with van der Waals surface area (Å²) < 4.78 is 7.19. The van der Waals surface area contributed by atoms with E-state index in [2.05, 4.69) is 39.0 Å². The molecule has 4 rings (SSSR count). The molecule has 0 bridgehead atoms. The lowest BCUT2D eigenvalue weighted by Gasteiger charge is -2.32. The summed E-state index contributed by atoms with van der Waals surface area (Å²) in [5.74, 6) is 3.73. The van der Waals surface area contributed by atoms with Crippen molar-refractivity contribution in [2.45, 2.75) is 45.4 Å². The van der Waals surface area contributed by atoms with Crippen molar-refractivity contribution < 1.29 is 4.52 Å². The highest BCUT2D eigenvalue weighted by molar-refractivity contribution is 5.87. The molecule has 1 fully saturated rings. The van der Waals surface area contributed by atoms with Crippen LogP contribution in [0.1, 0.15) is 56.1 Å². The van der Waals surface area contributed by atoms with Gasteiger partial charge in [0, 0.05) is 32.0 Å². The molecule has 132 valence electrons. The maximum Gasteiger partial charge on any atom is 0.229 e. The molecule has 0 N–H and O–H groups in total. The van der Waals surface area contributed by atoms with Crippen LogP contribution in [0.25, 0.3) is 11.0 Å². The number of fused-ring (bicyclic) bond motifs is 1. The van der Waals surface area contributed by atoms with Crippen LogP contribution >= 0.6 is 0 Å². The highest BCUT2D eigenvalue weighted by Gasteiger charge is 2.28. The summed E-state index contributed by atoms with van der Waals surface area (Å²) in [4.78, 5) is 16.1. The number of aromatic nitrogens is 6. The fourth-order valence-corrected chi connectivity index (χ4v) is 3.38. The Kier molecular flexibility index (Phi) is 3.89. The quantitative estimate of drug-likeness (QED) is 0.723. The number of hydrogen-bond donors (Lipinski definition) is 0. The van der Waals surface area contributed by atoms with Gasteiger partial charge in [-0.05, 0) is 19.8 Å². The van der Waals surface area contributed by atoms with Crippen molar-refractivity contribution in [1.82, 2.24) is 29.9 Å². The Labute approximate surface area is 146 Å². The van der Waals surface area contributed by atoms with Crippen LogP contribution in [0.2, 0.25) is 0 Å². The predicted octanol–water partition coefficient (Wildman–Crippen LogP) is 2.56. The van der Waals surface area contributed by atoms with Gasteiger partial charge in [-0.15, -0.1) is 0 Å². The molecule has 4 heterocycles. The van der Waals surface area contributed by atoms with Crippen molar-refractivity contribution in [3.8, 4) is 0 Å². The smallest absolute Gasteiger partial charge is 0.229 e. The first-order chi connectivity index (χ1) is 12.0. The number of aryl methyl sites for hydroxylation is 2. The highest BCUT2D eigenvalue weighted by atomic mass is 16.5. The lowest BCUT2D eigenvalue weighted by molar-refractivity contribution is 0.354. The van der Waals surface area contributed by atoms with Crippen molar-refractivity contribution in [3.63, 3.8) is 0 Å². The van der Waals surface area contributed by atoms with E-state index in [-0.39, 0.29) is 11.8 Å². The molecule has 1 atom stereocenters. The van der Waals surface area contributed by atoms with Crippen LogP contribution in [-0.4, -0.2) is 43.0 Å². The van der Waals surface area contributed by atoms with E-state index in [1.807, 2.05) is 20.2 Å². The van der Waals surface area contributed by atoms with E-state index < -0.39 is 0 Å². The molecule has 0 amide bonds. The first kappa shape index (κ1) is 16.0. The maximum absolute atomic E-state index is 5.39. The molecule has 0 saturated carbocycles. The lowest BCUT2D eigenvalue weighted by atomic mass is 9.97. The van der Waals surface area contributed by atoms with E-state index in [4.69, 9.17) is 9.51 Å². The molecule has 3 aromatic rings. The lowest BCUT2D eigenvalue weighted by Crippen LogP contribution is -2.35. The van der Waals surface area contributed by atoms with Gasteiger partial charge >= 0.3 is 0 Å². The zero-order valence-corrected chi connectivity index (χ0v) is 15.1. The summed E-state index contributed by atoms with van der Waals surface area (Å²) in [7, 11) is 1.91. The highest BCUT2D eigenvalue weighted by Crippen LogP contribution is 2.31. The Hall–Kier alpha value is -2.51. The van der Waals surface area contributed by atoms with Gasteiger partial charge < -0.3 is 9.42 Å². The van der Waals surface area contributed by atoms with Gasteiger partial charge in [0.2, 0.25) is 5.89 Å². The monoisotopic (exact) mass is 341 g/mol. The molecule has 0 spiro atoms. The summed E-state index contributed by atoms with van der Waals surface area (Å²) in [5.41, 5.74) is 0.867. The zero-order chi connectivity index (χ0) is 17.6. The van der Waals surface area contributed by atoms with E-state index in [1.54, 1.807) is 4.68 Å². The minimum absolute atomic E-state index is 0.250. The van der Waals surface area contributed by atoms with Crippen LogP contribution in [0.4, 0.5) is 5.82 Å². The summed E-state index contributed by atoms with van der Waals surface area (Å²) >= 11 is 0. The Morgan fingerprint density at radius 2 is 2.08 bits per heavy atom. The topological polar surface area (TPSA) is 85.8 Å². The van der Waals surface area contributed by atoms with Crippen LogP contribution in [0.5, 0.6) is 0 Å². The maximum atomic E-state index is 5.39. The second-order valence-electron chi connectivity index (χ2n) is 7.03. The van der Waals surface area contributed by atoms with Crippen LogP contribution in [-0.2, 0) is 7.05 Å². The van der Waals surface area contributed by atoms with E-state index in [0.717, 1.165) is 54.4 Å². The Morgan fingerprint density at radius 1 is 1.24 bits per heavy atom. The summed E-state index contributed by atoms with van der Waals surface area (Å²) in [6.07, 6.45) is 3.98. The number of anilines is 1. The number of nitrogens with zero attached hydrogens (tertiary/aromatic N) is 7. The minimum Gasteiger partial charge on any atom is -0.355 e. The van der Waals surface area contributed by atoms with E-state index in [0.29, 0.717) is 5.89 Å². The SMILES string of the molecule is Cc1nc(N2CCCC(c3noc(C(C)C)n3)C2)c2cnn(C)c2n1. The fourth-order valence-electron chi connectivity index (χ4n) is 3.38. The van der Waals surface area contributed by atoms with Gasteiger partial charge in [0.1, 0.15) is 11.6 Å². The molecular formula is C17H23N7O. The minimum atomic E-state index is 0.250. The molecule has 8 heteroatoms. The Balaban J connectivity index is 1.65. The van der Waals surface area contributed by atoms with Gasteiger partial charge in [-0.3, -0.25) is 4.68 Å². The van der Waals surface area contributed by atoms with Gasteiger partial charge in [-0.25, -0.2) is 9.97 Å². The molecule has 1 unspecified atom stereocenters. The van der Waals surface area contributed by atoms with Crippen LogP contribution in [0, 0.1) is 6.92 Å². The zero-order valence-electron chi connectivity index (χ0n) is 15.1. The average molecular weight is 341 g/mol. The van der Waals surface area contributed by atoms with Crippen molar-refractivity contribution in [3.05, 3.63) is 23.7 Å². The molecule has 1 aliphatic heterocycles. The number of hydrogen-bond acceptors (Lipinski definition) is 7. The predicted molar refractivity (Wildman–Crippen MR) is 93.6 cm³/mol. The van der Waals surface area contributed by atoms with E-state index in [1.165, 1.54) is 0 Å². The van der Waals surface area contributed by atoms with Gasteiger partial charge in [0.15, 0.2) is 11.5 Å². The summed E-state index contributed by atoms with van der Waals surface area (Å²) in [6, 6.07) is 0. The number of piperidine rings is 1. The van der Waals surface area contributed by atoms with E-state index >= 15 is 0 Å². The molecule has 0 aliphatic carbocycles. The van der Waals surface area contributed by atoms with E-state index in [9.17, 15) is 0 Å². The van der Waals surface area contributed by atoms with Crippen LogP contribution in [0.15, 0.2) is 10.7 Å². The molecule has 0 radical (unpaired) electrons.